The molecule has 0 aliphatic rings. The molecule has 0 radical (unpaired) electrons. The van der Waals surface area contributed by atoms with Gasteiger partial charge in [0.1, 0.15) is 0 Å². The van der Waals surface area contributed by atoms with Crippen LogP contribution < -0.4 is 0 Å². The van der Waals surface area contributed by atoms with E-state index in [9.17, 15) is 0 Å². The number of halogens is 1. The molecule has 0 spiro atoms. The summed E-state index contributed by atoms with van der Waals surface area (Å²) in [5.41, 5.74) is 5.32. The van der Waals surface area contributed by atoms with Gasteiger partial charge in [-0.3, -0.25) is 0 Å². The fourth-order valence-corrected chi connectivity index (χ4v) is 0.872. The van der Waals surface area contributed by atoms with Crippen molar-refractivity contribution in [2.75, 3.05) is 5.88 Å². The van der Waals surface area contributed by atoms with Crippen molar-refractivity contribution in [1.82, 2.24) is 0 Å². The standard InChI is InChI=1S/C11H11Cl/c1-10(9-12)7-8-11-5-3-2-4-6-11/h2-6,8H,9H2,1H3. The molecule has 0 fully saturated rings. The normalized spacial score (nSPS) is 8.83. The van der Waals surface area contributed by atoms with E-state index in [1.807, 2.05) is 43.3 Å². The van der Waals surface area contributed by atoms with Gasteiger partial charge < -0.3 is 0 Å². The molecule has 0 N–H and O–H groups in total. The number of hydrogen-bond donors (Lipinski definition) is 0. The first-order valence-electron chi connectivity index (χ1n) is 3.86. The highest BCUT2D eigenvalue weighted by molar-refractivity contribution is 6.19. The van der Waals surface area contributed by atoms with Crippen molar-refractivity contribution in [3.05, 3.63) is 47.2 Å². The first-order chi connectivity index (χ1) is 5.83. The minimum atomic E-state index is 0.545. The van der Waals surface area contributed by atoms with Gasteiger partial charge in [0.2, 0.25) is 0 Å². The highest BCUT2D eigenvalue weighted by Gasteiger charge is 1.82. The Bertz CT molecular complexity index is 292. The molecule has 0 atom stereocenters. The summed E-state index contributed by atoms with van der Waals surface area (Å²) in [4.78, 5) is 0. The van der Waals surface area contributed by atoms with Crippen LogP contribution >= 0.6 is 11.6 Å². The summed E-state index contributed by atoms with van der Waals surface area (Å²) in [6.45, 7) is 1.96. The van der Waals surface area contributed by atoms with Gasteiger partial charge in [-0.2, -0.15) is 0 Å². The Balaban J connectivity index is 2.83. The topological polar surface area (TPSA) is 0 Å². The maximum atomic E-state index is 5.60. The van der Waals surface area contributed by atoms with Crippen LogP contribution in [0, 0.1) is 0 Å². The summed E-state index contributed by atoms with van der Waals surface area (Å²) >= 11 is 5.60. The molecule has 1 rings (SSSR count). The van der Waals surface area contributed by atoms with E-state index in [4.69, 9.17) is 11.6 Å². The summed E-state index contributed by atoms with van der Waals surface area (Å²) in [5, 5.41) is 0. The Labute approximate surface area is 78.2 Å². The fourth-order valence-electron chi connectivity index (χ4n) is 0.794. The van der Waals surface area contributed by atoms with Gasteiger partial charge in [-0.15, -0.1) is 17.3 Å². The zero-order chi connectivity index (χ0) is 8.81. The molecule has 0 nitrogen and oxygen atoms in total. The highest BCUT2D eigenvalue weighted by Crippen LogP contribution is 2.01. The van der Waals surface area contributed by atoms with Crippen molar-refractivity contribution in [3.8, 4) is 0 Å². The van der Waals surface area contributed by atoms with Crippen molar-refractivity contribution in [2.24, 2.45) is 0 Å². The lowest BCUT2D eigenvalue weighted by Crippen LogP contribution is -1.71. The first-order valence-corrected chi connectivity index (χ1v) is 4.39. The second kappa shape index (κ2) is 4.82. The highest BCUT2D eigenvalue weighted by atomic mass is 35.5. The van der Waals surface area contributed by atoms with Crippen molar-refractivity contribution in [2.45, 2.75) is 6.92 Å². The third-order valence-electron chi connectivity index (χ3n) is 1.49. The molecular weight excluding hydrogens is 168 g/mol. The predicted octanol–water partition coefficient (Wildman–Crippen LogP) is 3.48. The van der Waals surface area contributed by atoms with Crippen LogP contribution in [-0.2, 0) is 0 Å². The second-order valence-corrected chi connectivity index (χ2v) is 2.88. The average molecular weight is 179 g/mol. The molecule has 12 heavy (non-hydrogen) atoms. The number of rotatable bonds is 2. The number of benzene rings is 1. The summed E-state index contributed by atoms with van der Waals surface area (Å²) in [6, 6.07) is 10.1. The maximum Gasteiger partial charge on any atom is 0.0506 e. The number of allylic oxidation sites excluding steroid dienone is 1. The van der Waals surface area contributed by atoms with Crippen LogP contribution in [0.4, 0.5) is 0 Å². The molecule has 0 saturated heterocycles. The third-order valence-corrected chi connectivity index (χ3v) is 1.89. The minimum Gasteiger partial charge on any atom is -0.121 e. The average Bonchev–Trinajstić information content (AvgIpc) is 2.16. The van der Waals surface area contributed by atoms with E-state index in [1.54, 1.807) is 0 Å². The molecular formula is C11H11Cl. The van der Waals surface area contributed by atoms with Crippen LogP contribution in [0.3, 0.4) is 0 Å². The smallest absolute Gasteiger partial charge is 0.0506 e. The van der Waals surface area contributed by atoms with Crippen molar-refractivity contribution in [3.63, 3.8) is 0 Å². The van der Waals surface area contributed by atoms with Gasteiger partial charge in [-0.25, -0.2) is 0 Å². The van der Waals surface area contributed by atoms with Gasteiger partial charge >= 0.3 is 0 Å². The lowest BCUT2D eigenvalue weighted by molar-refractivity contribution is 1.42. The lowest BCUT2D eigenvalue weighted by Gasteiger charge is -1.88. The molecule has 1 aromatic carbocycles. The maximum absolute atomic E-state index is 5.60. The Morgan fingerprint density at radius 3 is 2.67 bits per heavy atom. The molecule has 0 saturated carbocycles. The largest absolute Gasteiger partial charge is 0.121 e. The van der Waals surface area contributed by atoms with E-state index in [0.717, 1.165) is 11.1 Å². The van der Waals surface area contributed by atoms with E-state index < -0.39 is 0 Å². The molecule has 0 amide bonds. The molecule has 1 aromatic rings. The Kier molecular flexibility index (Phi) is 3.66. The Morgan fingerprint density at radius 2 is 2.08 bits per heavy atom. The summed E-state index contributed by atoms with van der Waals surface area (Å²) in [5.74, 6) is 0.545. The van der Waals surface area contributed by atoms with E-state index in [-0.39, 0.29) is 0 Å². The van der Waals surface area contributed by atoms with Gasteiger partial charge in [-0.1, -0.05) is 30.3 Å². The zero-order valence-corrected chi connectivity index (χ0v) is 7.81. The predicted molar refractivity (Wildman–Crippen MR) is 54.3 cm³/mol. The Hall–Kier alpha value is -0.970. The monoisotopic (exact) mass is 178 g/mol. The Morgan fingerprint density at radius 1 is 1.42 bits per heavy atom. The van der Waals surface area contributed by atoms with Crippen LogP contribution in [0.25, 0.3) is 6.08 Å². The van der Waals surface area contributed by atoms with Crippen molar-refractivity contribution >= 4 is 17.7 Å². The molecule has 62 valence electrons. The first kappa shape index (κ1) is 9.12. The summed E-state index contributed by atoms with van der Waals surface area (Å²) in [7, 11) is 0. The molecule has 0 unspecified atom stereocenters. The minimum absolute atomic E-state index is 0.545. The van der Waals surface area contributed by atoms with Gasteiger partial charge in [0.15, 0.2) is 0 Å². The third kappa shape index (κ3) is 2.96. The number of alkyl halides is 1. The lowest BCUT2D eigenvalue weighted by atomic mass is 10.2. The van der Waals surface area contributed by atoms with Crippen LogP contribution in [0.5, 0.6) is 0 Å². The van der Waals surface area contributed by atoms with E-state index in [0.29, 0.717) is 5.88 Å². The molecule has 0 aromatic heterocycles. The van der Waals surface area contributed by atoms with Crippen molar-refractivity contribution < 1.29 is 0 Å². The molecule has 0 aliphatic heterocycles. The van der Waals surface area contributed by atoms with E-state index >= 15 is 0 Å². The van der Waals surface area contributed by atoms with Crippen LogP contribution in [0.15, 0.2) is 41.6 Å². The van der Waals surface area contributed by atoms with Crippen LogP contribution in [0.1, 0.15) is 12.5 Å². The van der Waals surface area contributed by atoms with Gasteiger partial charge in [0.05, 0.1) is 5.88 Å². The van der Waals surface area contributed by atoms with Crippen molar-refractivity contribution in [1.29, 1.82) is 0 Å². The van der Waals surface area contributed by atoms with Gasteiger partial charge in [-0.05, 0) is 24.1 Å². The molecule has 0 aliphatic carbocycles. The fraction of sp³-hybridized carbons (Fsp3) is 0.182. The zero-order valence-electron chi connectivity index (χ0n) is 7.05. The van der Waals surface area contributed by atoms with Gasteiger partial charge in [0.25, 0.3) is 0 Å². The molecule has 1 heteroatoms. The number of hydrogen-bond acceptors (Lipinski definition) is 0. The second-order valence-electron chi connectivity index (χ2n) is 2.61. The van der Waals surface area contributed by atoms with Crippen LogP contribution in [-0.4, -0.2) is 5.88 Å². The quantitative estimate of drug-likeness (QED) is 0.481. The van der Waals surface area contributed by atoms with Crippen LogP contribution in [0.2, 0.25) is 0 Å². The SMILES string of the molecule is CC(=C=Cc1ccccc1)CCl. The summed E-state index contributed by atoms with van der Waals surface area (Å²) < 4.78 is 0. The molecule has 0 heterocycles. The van der Waals surface area contributed by atoms with Gasteiger partial charge in [0, 0.05) is 0 Å². The van der Waals surface area contributed by atoms with E-state index in [1.165, 1.54) is 0 Å². The van der Waals surface area contributed by atoms with E-state index in [2.05, 4.69) is 5.73 Å². The molecule has 0 bridgehead atoms. The summed E-state index contributed by atoms with van der Waals surface area (Å²) in [6.07, 6.45) is 1.94.